The molecule has 1 heterocycles. The van der Waals surface area contributed by atoms with Crippen molar-refractivity contribution in [1.82, 2.24) is 9.55 Å². The Balaban J connectivity index is 2.10. The van der Waals surface area contributed by atoms with E-state index < -0.39 is 0 Å². The predicted molar refractivity (Wildman–Crippen MR) is 84.6 cm³/mol. The second kappa shape index (κ2) is 5.47. The Morgan fingerprint density at radius 3 is 2.75 bits per heavy atom. The van der Waals surface area contributed by atoms with Crippen LogP contribution in [0.3, 0.4) is 0 Å². The Morgan fingerprint density at radius 2 is 2.00 bits per heavy atom. The van der Waals surface area contributed by atoms with Gasteiger partial charge in [-0.05, 0) is 30.7 Å². The molecule has 102 valence electrons. The van der Waals surface area contributed by atoms with Crippen molar-refractivity contribution in [3.8, 4) is 0 Å². The van der Waals surface area contributed by atoms with Crippen molar-refractivity contribution >= 4 is 34.2 Å². The van der Waals surface area contributed by atoms with Crippen LogP contribution in [-0.2, 0) is 12.4 Å². The molecule has 0 fully saturated rings. The molecule has 20 heavy (non-hydrogen) atoms. The largest absolute Gasteiger partial charge is 0.322 e. The summed E-state index contributed by atoms with van der Waals surface area (Å²) in [7, 11) is 0. The maximum Gasteiger partial charge on any atom is 0.125 e. The monoisotopic (exact) mass is 304 g/mol. The van der Waals surface area contributed by atoms with E-state index >= 15 is 0 Å². The lowest BCUT2D eigenvalue weighted by molar-refractivity contribution is 0.778. The fourth-order valence-electron chi connectivity index (χ4n) is 2.42. The number of rotatable bonds is 3. The smallest absolute Gasteiger partial charge is 0.125 e. The molecule has 0 saturated heterocycles. The van der Waals surface area contributed by atoms with Gasteiger partial charge >= 0.3 is 0 Å². The van der Waals surface area contributed by atoms with Gasteiger partial charge in [0.2, 0.25) is 0 Å². The molecular weight excluding hydrogens is 291 g/mol. The molecule has 0 bridgehead atoms. The van der Waals surface area contributed by atoms with E-state index in [4.69, 9.17) is 23.2 Å². The number of aryl methyl sites for hydroxylation is 1. The fraction of sp³-hybridized carbons (Fsp3) is 0.188. The van der Waals surface area contributed by atoms with Gasteiger partial charge in [-0.2, -0.15) is 0 Å². The van der Waals surface area contributed by atoms with Gasteiger partial charge < -0.3 is 4.57 Å². The lowest BCUT2D eigenvalue weighted by atomic mass is 10.1. The van der Waals surface area contributed by atoms with Gasteiger partial charge in [-0.3, -0.25) is 0 Å². The first-order chi connectivity index (χ1) is 9.67. The summed E-state index contributed by atoms with van der Waals surface area (Å²) in [5.74, 6) is 1.25. The number of nitrogens with zero attached hydrogens (tertiary/aromatic N) is 2. The summed E-state index contributed by atoms with van der Waals surface area (Å²) in [6.45, 7) is 2.86. The van der Waals surface area contributed by atoms with Crippen LogP contribution in [-0.4, -0.2) is 9.55 Å². The lowest BCUT2D eigenvalue weighted by Crippen LogP contribution is -2.03. The SMILES string of the molecule is Cc1cccc(Cn2c(CCl)nc3cc(Cl)ccc32)c1. The highest BCUT2D eigenvalue weighted by molar-refractivity contribution is 6.31. The van der Waals surface area contributed by atoms with Gasteiger partial charge in [0.15, 0.2) is 0 Å². The van der Waals surface area contributed by atoms with E-state index in [-0.39, 0.29) is 0 Å². The highest BCUT2D eigenvalue weighted by Gasteiger charge is 2.10. The summed E-state index contributed by atoms with van der Waals surface area (Å²) in [4.78, 5) is 4.56. The van der Waals surface area contributed by atoms with Crippen LogP contribution in [0.2, 0.25) is 5.02 Å². The molecule has 0 atom stereocenters. The minimum Gasteiger partial charge on any atom is -0.322 e. The van der Waals surface area contributed by atoms with Crippen molar-refractivity contribution in [2.75, 3.05) is 0 Å². The van der Waals surface area contributed by atoms with Gasteiger partial charge in [0, 0.05) is 11.6 Å². The van der Waals surface area contributed by atoms with Gasteiger partial charge in [-0.15, -0.1) is 11.6 Å². The van der Waals surface area contributed by atoms with E-state index in [1.807, 2.05) is 18.2 Å². The quantitative estimate of drug-likeness (QED) is 0.636. The Morgan fingerprint density at radius 1 is 1.15 bits per heavy atom. The summed E-state index contributed by atoms with van der Waals surface area (Å²) in [5.41, 5.74) is 4.44. The van der Waals surface area contributed by atoms with Crippen molar-refractivity contribution in [2.24, 2.45) is 0 Å². The van der Waals surface area contributed by atoms with Crippen LogP contribution in [0.15, 0.2) is 42.5 Å². The maximum atomic E-state index is 6.02. The molecule has 0 N–H and O–H groups in total. The Bertz CT molecular complexity index is 762. The number of aromatic nitrogens is 2. The topological polar surface area (TPSA) is 17.8 Å². The molecule has 3 rings (SSSR count). The normalized spacial score (nSPS) is 11.2. The minimum atomic E-state index is 0.387. The molecule has 4 heteroatoms. The fourth-order valence-corrected chi connectivity index (χ4v) is 2.79. The number of hydrogen-bond donors (Lipinski definition) is 0. The summed E-state index contributed by atoms with van der Waals surface area (Å²) in [6, 6.07) is 14.2. The second-order valence-electron chi connectivity index (χ2n) is 4.87. The summed E-state index contributed by atoms with van der Waals surface area (Å²) in [6.07, 6.45) is 0. The first-order valence-corrected chi connectivity index (χ1v) is 7.35. The average molecular weight is 305 g/mol. The summed E-state index contributed by atoms with van der Waals surface area (Å²) in [5, 5.41) is 0.693. The van der Waals surface area contributed by atoms with E-state index in [2.05, 4.69) is 40.7 Å². The van der Waals surface area contributed by atoms with E-state index in [9.17, 15) is 0 Å². The lowest BCUT2D eigenvalue weighted by Gasteiger charge is -2.08. The Labute approximate surface area is 128 Å². The number of halogens is 2. The van der Waals surface area contributed by atoms with Crippen LogP contribution in [0.5, 0.6) is 0 Å². The number of hydrogen-bond acceptors (Lipinski definition) is 1. The first-order valence-electron chi connectivity index (χ1n) is 6.43. The van der Waals surface area contributed by atoms with Gasteiger partial charge in [0.1, 0.15) is 5.82 Å². The highest BCUT2D eigenvalue weighted by atomic mass is 35.5. The molecule has 0 saturated carbocycles. The third-order valence-electron chi connectivity index (χ3n) is 3.33. The molecule has 0 aliphatic heterocycles. The van der Waals surface area contributed by atoms with E-state index in [1.165, 1.54) is 11.1 Å². The van der Waals surface area contributed by atoms with Crippen molar-refractivity contribution in [3.05, 3.63) is 64.4 Å². The molecule has 2 aromatic carbocycles. The maximum absolute atomic E-state index is 6.02. The summed E-state index contributed by atoms with van der Waals surface area (Å²) < 4.78 is 2.15. The summed E-state index contributed by atoms with van der Waals surface area (Å²) >= 11 is 12.0. The van der Waals surface area contributed by atoms with Crippen molar-refractivity contribution < 1.29 is 0 Å². The Kier molecular flexibility index (Phi) is 3.68. The van der Waals surface area contributed by atoms with E-state index in [0.29, 0.717) is 10.9 Å². The highest BCUT2D eigenvalue weighted by Crippen LogP contribution is 2.22. The molecule has 3 aromatic rings. The van der Waals surface area contributed by atoms with Gasteiger partial charge in [0.05, 0.1) is 16.9 Å². The predicted octanol–water partition coefficient (Wildman–Crippen LogP) is 4.79. The van der Waals surface area contributed by atoms with Crippen LogP contribution >= 0.6 is 23.2 Å². The molecule has 0 aliphatic carbocycles. The molecule has 0 unspecified atom stereocenters. The van der Waals surface area contributed by atoms with Crippen LogP contribution in [0.25, 0.3) is 11.0 Å². The second-order valence-corrected chi connectivity index (χ2v) is 5.57. The number of imidazole rings is 1. The number of alkyl halides is 1. The molecule has 2 nitrogen and oxygen atoms in total. The van der Waals surface area contributed by atoms with Gasteiger partial charge in [-0.25, -0.2) is 4.98 Å². The van der Waals surface area contributed by atoms with Crippen molar-refractivity contribution in [1.29, 1.82) is 0 Å². The van der Waals surface area contributed by atoms with Crippen LogP contribution in [0.1, 0.15) is 17.0 Å². The number of benzene rings is 2. The molecule has 0 aliphatic rings. The van der Waals surface area contributed by atoms with E-state index in [0.717, 1.165) is 23.4 Å². The Hall–Kier alpha value is -1.51. The van der Waals surface area contributed by atoms with E-state index in [1.54, 1.807) is 0 Å². The zero-order valence-corrected chi connectivity index (χ0v) is 12.6. The third-order valence-corrected chi connectivity index (χ3v) is 3.81. The molecule has 1 aromatic heterocycles. The van der Waals surface area contributed by atoms with Crippen LogP contribution < -0.4 is 0 Å². The van der Waals surface area contributed by atoms with Gasteiger partial charge in [-0.1, -0.05) is 41.4 Å². The molecule has 0 radical (unpaired) electrons. The molecule has 0 amide bonds. The number of fused-ring (bicyclic) bond motifs is 1. The van der Waals surface area contributed by atoms with Crippen LogP contribution in [0, 0.1) is 6.92 Å². The zero-order valence-electron chi connectivity index (χ0n) is 11.1. The van der Waals surface area contributed by atoms with Gasteiger partial charge in [0.25, 0.3) is 0 Å². The third kappa shape index (κ3) is 2.54. The van der Waals surface area contributed by atoms with Crippen molar-refractivity contribution in [3.63, 3.8) is 0 Å². The first kappa shape index (κ1) is 13.5. The molecular formula is C16H14Cl2N2. The average Bonchev–Trinajstić information content (AvgIpc) is 2.76. The van der Waals surface area contributed by atoms with Crippen LogP contribution in [0.4, 0.5) is 0 Å². The zero-order chi connectivity index (χ0) is 14.1. The minimum absolute atomic E-state index is 0.387. The van der Waals surface area contributed by atoms with Crippen molar-refractivity contribution in [2.45, 2.75) is 19.3 Å². The standard InChI is InChI=1S/C16H14Cl2N2/c1-11-3-2-4-12(7-11)10-20-15-6-5-13(18)8-14(15)19-16(20)9-17/h2-8H,9-10H2,1H3. The molecule has 0 spiro atoms.